The molecule has 0 aliphatic heterocycles. The molecule has 1 fully saturated rings. The first-order valence-corrected chi connectivity index (χ1v) is 8.96. The molecule has 2 heterocycles. The number of rotatable bonds is 5. The first kappa shape index (κ1) is 16.9. The van der Waals surface area contributed by atoms with Crippen molar-refractivity contribution in [3.8, 4) is 17.4 Å². The summed E-state index contributed by atoms with van der Waals surface area (Å²) in [5, 5.41) is 16.1. The zero-order chi connectivity index (χ0) is 18.6. The normalized spacial score (nSPS) is 14.0. The number of nitriles is 1. The van der Waals surface area contributed by atoms with E-state index in [1.165, 1.54) is 19.2 Å². The van der Waals surface area contributed by atoms with Gasteiger partial charge in [-0.3, -0.25) is 0 Å². The SMILES string of the molecule is N#Cc1c(N)cc(Nc2ccc(-c3cnco3)cc2)nc1NC1CCCC1. The van der Waals surface area contributed by atoms with Gasteiger partial charge < -0.3 is 20.8 Å². The van der Waals surface area contributed by atoms with E-state index >= 15 is 0 Å². The fraction of sp³-hybridized carbons (Fsp3) is 0.250. The Bertz CT molecular complexity index is 953. The van der Waals surface area contributed by atoms with Gasteiger partial charge in [-0.05, 0) is 37.1 Å². The minimum absolute atomic E-state index is 0.348. The van der Waals surface area contributed by atoms with Crippen molar-refractivity contribution in [2.75, 3.05) is 16.4 Å². The van der Waals surface area contributed by atoms with Crippen molar-refractivity contribution >= 4 is 23.0 Å². The van der Waals surface area contributed by atoms with E-state index < -0.39 is 0 Å². The molecule has 0 spiro atoms. The molecule has 0 bridgehead atoms. The van der Waals surface area contributed by atoms with Gasteiger partial charge in [0.25, 0.3) is 0 Å². The third-order valence-corrected chi connectivity index (χ3v) is 4.73. The van der Waals surface area contributed by atoms with Gasteiger partial charge in [0.1, 0.15) is 23.3 Å². The molecule has 1 aliphatic carbocycles. The molecule has 1 saturated carbocycles. The standard InChI is InChI=1S/C20H20N6O/c21-10-16-17(22)9-19(26-20(16)25-14-3-1-2-4-14)24-15-7-5-13(6-8-15)18-11-23-12-27-18/h5-9,11-12,14H,1-4H2,(H4,22,24,25,26). The summed E-state index contributed by atoms with van der Waals surface area (Å²) in [7, 11) is 0. The van der Waals surface area contributed by atoms with E-state index in [-0.39, 0.29) is 0 Å². The van der Waals surface area contributed by atoms with Crippen LogP contribution in [0.5, 0.6) is 0 Å². The van der Waals surface area contributed by atoms with Crippen LogP contribution in [0.2, 0.25) is 0 Å². The van der Waals surface area contributed by atoms with E-state index in [2.05, 4.69) is 26.7 Å². The number of anilines is 4. The minimum atomic E-state index is 0.348. The highest BCUT2D eigenvalue weighted by Crippen LogP contribution is 2.29. The number of pyridine rings is 1. The highest BCUT2D eigenvalue weighted by molar-refractivity contribution is 5.73. The number of nitrogen functional groups attached to an aromatic ring is 1. The lowest BCUT2D eigenvalue weighted by Crippen LogP contribution is -2.17. The van der Waals surface area contributed by atoms with Gasteiger partial charge in [0.2, 0.25) is 0 Å². The van der Waals surface area contributed by atoms with Crippen molar-refractivity contribution in [1.82, 2.24) is 9.97 Å². The summed E-state index contributed by atoms with van der Waals surface area (Å²) < 4.78 is 5.30. The van der Waals surface area contributed by atoms with E-state index in [1.807, 2.05) is 24.3 Å². The van der Waals surface area contributed by atoms with Crippen LogP contribution in [0.3, 0.4) is 0 Å². The number of hydrogen-bond donors (Lipinski definition) is 3. The van der Waals surface area contributed by atoms with Crippen LogP contribution in [-0.4, -0.2) is 16.0 Å². The third kappa shape index (κ3) is 3.70. The molecule has 0 atom stereocenters. The van der Waals surface area contributed by atoms with Crippen molar-refractivity contribution in [2.24, 2.45) is 0 Å². The molecule has 1 aliphatic rings. The van der Waals surface area contributed by atoms with Crippen LogP contribution >= 0.6 is 0 Å². The molecular formula is C20H20N6O. The lowest BCUT2D eigenvalue weighted by molar-refractivity contribution is 0.572. The number of oxazole rings is 1. The van der Waals surface area contributed by atoms with E-state index in [0.29, 0.717) is 34.7 Å². The molecule has 136 valence electrons. The van der Waals surface area contributed by atoms with E-state index in [9.17, 15) is 5.26 Å². The molecule has 3 aromatic rings. The van der Waals surface area contributed by atoms with Crippen LogP contribution in [0, 0.1) is 11.3 Å². The van der Waals surface area contributed by atoms with Crippen LogP contribution in [0.15, 0.2) is 47.3 Å². The number of benzene rings is 1. The fourth-order valence-corrected chi connectivity index (χ4v) is 3.34. The van der Waals surface area contributed by atoms with E-state index in [4.69, 9.17) is 10.2 Å². The van der Waals surface area contributed by atoms with E-state index in [1.54, 1.807) is 12.3 Å². The summed E-state index contributed by atoms with van der Waals surface area (Å²) in [6.07, 6.45) is 7.66. The maximum atomic E-state index is 9.43. The van der Waals surface area contributed by atoms with Gasteiger partial charge in [0.15, 0.2) is 12.2 Å². The maximum absolute atomic E-state index is 9.43. The molecule has 4 rings (SSSR count). The Morgan fingerprint density at radius 3 is 2.63 bits per heavy atom. The molecule has 1 aromatic carbocycles. The average Bonchev–Trinajstić information content (AvgIpc) is 3.36. The number of aromatic nitrogens is 2. The van der Waals surface area contributed by atoms with Gasteiger partial charge in [-0.25, -0.2) is 9.97 Å². The molecular weight excluding hydrogens is 340 g/mol. The van der Waals surface area contributed by atoms with Crippen LogP contribution in [-0.2, 0) is 0 Å². The van der Waals surface area contributed by atoms with Crippen LogP contribution in [0.25, 0.3) is 11.3 Å². The molecule has 0 saturated heterocycles. The predicted octanol–water partition coefficient (Wildman–Crippen LogP) is 4.29. The molecule has 0 unspecified atom stereocenters. The summed E-state index contributed by atoms with van der Waals surface area (Å²) in [5.74, 6) is 1.86. The third-order valence-electron chi connectivity index (χ3n) is 4.73. The lowest BCUT2D eigenvalue weighted by Gasteiger charge is -2.16. The number of nitrogens with two attached hydrogens (primary N) is 1. The van der Waals surface area contributed by atoms with Crippen LogP contribution in [0.4, 0.5) is 23.0 Å². The Morgan fingerprint density at radius 1 is 1.19 bits per heavy atom. The second-order valence-electron chi connectivity index (χ2n) is 6.63. The zero-order valence-electron chi connectivity index (χ0n) is 14.8. The molecule has 0 radical (unpaired) electrons. The van der Waals surface area contributed by atoms with Gasteiger partial charge in [0, 0.05) is 23.4 Å². The fourth-order valence-electron chi connectivity index (χ4n) is 3.34. The van der Waals surface area contributed by atoms with Crippen molar-refractivity contribution in [2.45, 2.75) is 31.7 Å². The number of nitrogens with one attached hydrogen (secondary N) is 2. The molecule has 2 aromatic heterocycles. The van der Waals surface area contributed by atoms with Crippen molar-refractivity contribution in [3.05, 3.63) is 48.5 Å². The topological polar surface area (TPSA) is 113 Å². The van der Waals surface area contributed by atoms with Gasteiger partial charge in [-0.1, -0.05) is 12.8 Å². The lowest BCUT2D eigenvalue weighted by atomic mass is 10.1. The maximum Gasteiger partial charge on any atom is 0.181 e. The first-order chi connectivity index (χ1) is 13.2. The molecule has 7 nitrogen and oxygen atoms in total. The predicted molar refractivity (Wildman–Crippen MR) is 104 cm³/mol. The Morgan fingerprint density at radius 2 is 1.96 bits per heavy atom. The highest BCUT2D eigenvalue weighted by atomic mass is 16.3. The minimum Gasteiger partial charge on any atom is -0.444 e. The second-order valence-corrected chi connectivity index (χ2v) is 6.63. The second kappa shape index (κ2) is 7.38. The Kier molecular flexibility index (Phi) is 4.62. The van der Waals surface area contributed by atoms with Crippen LogP contribution in [0.1, 0.15) is 31.2 Å². The van der Waals surface area contributed by atoms with Crippen molar-refractivity contribution in [1.29, 1.82) is 5.26 Å². The first-order valence-electron chi connectivity index (χ1n) is 8.96. The Balaban J connectivity index is 1.56. The van der Waals surface area contributed by atoms with Gasteiger partial charge in [-0.2, -0.15) is 5.26 Å². The Hall–Kier alpha value is -3.53. The van der Waals surface area contributed by atoms with Gasteiger partial charge >= 0.3 is 0 Å². The highest BCUT2D eigenvalue weighted by Gasteiger charge is 2.18. The molecule has 0 amide bonds. The summed E-state index contributed by atoms with van der Waals surface area (Å²) in [4.78, 5) is 8.51. The molecule has 4 N–H and O–H groups in total. The average molecular weight is 360 g/mol. The monoisotopic (exact) mass is 360 g/mol. The summed E-state index contributed by atoms with van der Waals surface area (Å²) in [6, 6.07) is 11.9. The summed E-state index contributed by atoms with van der Waals surface area (Å²) in [6.45, 7) is 0. The van der Waals surface area contributed by atoms with Gasteiger partial charge in [-0.15, -0.1) is 0 Å². The summed E-state index contributed by atoms with van der Waals surface area (Å²) >= 11 is 0. The Labute approximate surface area is 157 Å². The van der Waals surface area contributed by atoms with Gasteiger partial charge in [0.05, 0.1) is 11.9 Å². The molecule has 27 heavy (non-hydrogen) atoms. The number of hydrogen-bond acceptors (Lipinski definition) is 7. The van der Waals surface area contributed by atoms with Crippen molar-refractivity contribution < 1.29 is 4.42 Å². The van der Waals surface area contributed by atoms with Crippen molar-refractivity contribution in [3.63, 3.8) is 0 Å². The smallest absolute Gasteiger partial charge is 0.181 e. The molecule has 7 heteroatoms. The summed E-state index contributed by atoms with van der Waals surface area (Å²) in [5.41, 5.74) is 8.70. The quantitative estimate of drug-likeness (QED) is 0.622. The van der Waals surface area contributed by atoms with E-state index in [0.717, 1.165) is 24.1 Å². The van der Waals surface area contributed by atoms with Crippen LogP contribution < -0.4 is 16.4 Å². The zero-order valence-corrected chi connectivity index (χ0v) is 14.8. The largest absolute Gasteiger partial charge is 0.444 e. The number of nitrogens with zero attached hydrogens (tertiary/aromatic N) is 3.